The SMILES string of the molecule is CN(C)C1(CNC(=O)C(N)Cc2ccccc2)CCC1. The van der Waals surface area contributed by atoms with Gasteiger partial charge in [-0.15, -0.1) is 0 Å². The van der Waals surface area contributed by atoms with Crippen LogP contribution in [0.25, 0.3) is 0 Å². The Labute approximate surface area is 121 Å². The number of carbonyl (C=O) groups excluding carboxylic acids is 1. The van der Waals surface area contributed by atoms with Crippen LogP contribution < -0.4 is 11.1 Å². The van der Waals surface area contributed by atoms with E-state index in [0.29, 0.717) is 13.0 Å². The zero-order valence-corrected chi connectivity index (χ0v) is 12.4. The molecule has 1 aliphatic rings. The molecule has 0 spiro atoms. The Hall–Kier alpha value is -1.39. The minimum atomic E-state index is -0.475. The molecule has 1 amide bonds. The fourth-order valence-corrected chi connectivity index (χ4v) is 2.71. The fourth-order valence-electron chi connectivity index (χ4n) is 2.71. The lowest BCUT2D eigenvalue weighted by Gasteiger charge is -2.47. The van der Waals surface area contributed by atoms with Crippen LogP contribution in [0.15, 0.2) is 30.3 Å². The van der Waals surface area contributed by atoms with Crippen molar-refractivity contribution in [3.8, 4) is 0 Å². The molecule has 2 rings (SSSR count). The number of likely N-dealkylation sites (N-methyl/N-ethyl adjacent to an activating group) is 1. The summed E-state index contributed by atoms with van der Waals surface area (Å²) in [5.74, 6) is -0.0537. The molecule has 0 radical (unpaired) electrons. The van der Waals surface area contributed by atoms with Gasteiger partial charge in [0.25, 0.3) is 0 Å². The Morgan fingerprint density at radius 3 is 2.50 bits per heavy atom. The van der Waals surface area contributed by atoms with Crippen LogP contribution in [-0.4, -0.2) is 43.0 Å². The van der Waals surface area contributed by atoms with Crippen LogP contribution in [-0.2, 0) is 11.2 Å². The number of nitrogens with two attached hydrogens (primary N) is 1. The first-order valence-corrected chi connectivity index (χ1v) is 7.28. The normalized spacial score (nSPS) is 18.4. The Morgan fingerprint density at radius 2 is 2.00 bits per heavy atom. The van der Waals surface area contributed by atoms with Gasteiger partial charge in [-0.25, -0.2) is 0 Å². The highest BCUT2D eigenvalue weighted by Gasteiger charge is 2.39. The number of amides is 1. The van der Waals surface area contributed by atoms with Gasteiger partial charge in [0, 0.05) is 12.1 Å². The maximum absolute atomic E-state index is 12.1. The van der Waals surface area contributed by atoms with Crippen molar-refractivity contribution in [1.82, 2.24) is 10.2 Å². The first-order valence-electron chi connectivity index (χ1n) is 7.28. The van der Waals surface area contributed by atoms with Gasteiger partial charge in [-0.3, -0.25) is 4.79 Å². The van der Waals surface area contributed by atoms with Gasteiger partial charge < -0.3 is 16.0 Å². The molecule has 1 unspecified atom stereocenters. The zero-order valence-electron chi connectivity index (χ0n) is 12.4. The van der Waals surface area contributed by atoms with Crippen LogP contribution in [0.3, 0.4) is 0 Å². The molecular formula is C16H25N3O. The third kappa shape index (κ3) is 3.38. The molecule has 1 saturated carbocycles. The standard InChI is InChI=1S/C16H25N3O/c1-19(2)16(9-6-10-16)12-18-15(20)14(17)11-13-7-4-3-5-8-13/h3-5,7-8,14H,6,9-12,17H2,1-2H3,(H,18,20). The van der Waals surface area contributed by atoms with Crippen LogP contribution in [0.4, 0.5) is 0 Å². The van der Waals surface area contributed by atoms with Crippen LogP contribution in [0.5, 0.6) is 0 Å². The molecule has 0 bridgehead atoms. The van der Waals surface area contributed by atoms with Gasteiger partial charge in [0.1, 0.15) is 0 Å². The lowest BCUT2D eigenvalue weighted by Crippen LogP contribution is -2.58. The molecule has 1 aliphatic carbocycles. The number of rotatable bonds is 6. The van der Waals surface area contributed by atoms with Gasteiger partial charge in [0.15, 0.2) is 0 Å². The average molecular weight is 275 g/mol. The van der Waals surface area contributed by atoms with Gasteiger partial charge in [-0.2, -0.15) is 0 Å². The van der Waals surface area contributed by atoms with Crippen molar-refractivity contribution in [2.75, 3.05) is 20.6 Å². The number of hydrogen-bond acceptors (Lipinski definition) is 3. The monoisotopic (exact) mass is 275 g/mol. The second-order valence-corrected chi connectivity index (χ2v) is 5.99. The van der Waals surface area contributed by atoms with E-state index >= 15 is 0 Å². The van der Waals surface area contributed by atoms with Crippen LogP contribution in [0.2, 0.25) is 0 Å². The molecule has 3 N–H and O–H groups in total. The van der Waals surface area contributed by atoms with Gasteiger partial charge in [-0.05, 0) is 45.3 Å². The van der Waals surface area contributed by atoms with E-state index in [9.17, 15) is 4.79 Å². The number of nitrogens with one attached hydrogen (secondary N) is 1. The summed E-state index contributed by atoms with van der Waals surface area (Å²) >= 11 is 0. The summed E-state index contributed by atoms with van der Waals surface area (Å²) in [7, 11) is 4.16. The maximum Gasteiger partial charge on any atom is 0.237 e. The van der Waals surface area contributed by atoms with E-state index in [1.165, 1.54) is 6.42 Å². The minimum Gasteiger partial charge on any atom is -0.353 e. The van der Waals surface area contributed by atoms with Crippen molar-refractivity contribution in [3.05, 3.63) is 35.9 Å². The molecule has 0 heterocycles. The molecule has 0 aliphatic heterocycles. The van der Waals surface area contributed by atoms with E-state index < -0.39 is 6.04 Å². The number of benzene rings is 1. The molecule has 20 heavy (non-hydrogen) atoms. The third-order valence-corrected chi connectivity index (χ3v) is 4.46. The van der Waals surface area contributed by atoms with Crippen molar-refractivity contribution < 1.29 is 4.79 Å². The average Bonchev–Trinajstić information content (AvgIpc) is 2.37. The largest absolute Gasteiger partial charge is 0.353 e. The topological polar surface area (TPSA) is 58.4 Å². The number of carbonyl (C=O) groups is 1. The van der Waals surface area contributed by atoms with Crippen LogP contribution in [0.1, 0.15) is 24.8 Å². The molecule has 0 aromatic heterocycles. The van der Waals surface area contributed by atoms with Gasteiger partial charge >= 0.3 is 0 Å². The second-order valence-electron chi connectivity index (χ2n) is 5.99. The van der Waals surface area contributed by atoms with Gasteiger partial charge in [0.05, 0.1) is 6.04 Å². The summed E-state index contributed by atoms with van der Waals surface area (Å²) in [6.45, 7) is 0.696. The molecule has 1 aromatic rings. The third-order valence-electron chi connectivity index (χ3n) is 4.46. The molecule has 4 heteroatoms. The number of nitrogens with zero attached hydrogens (tertiary/aromatic N) is 1. The summed E-state index contributed by atoms with van der Waals surface area (Å²) in [6, 6.07) is 9.43. The van der Waals surface area contributed by atoms with Crippen LogP contribution >= 0.6 is 0 Å². The molecule has 1 fully saturated rings. The van der Waals surface area contributed by atoms with Crippen molar-refractivity contribution >= 4 is 5.91 Å². The molecule has 1 aromatic carbocycles. The van der Waals surface area contributed by atoms with Crippen LogP contribution in [0, 0.1) is 0 Å². The highest BCUT2D eigenvalue weighted by molar-refractivity contribution is 5.81. The Bertz CT molecular complexity index is 440. The highest BCUT2D eigenvalue weighted by atomic mass is 16.2. The molecule has 110 valence electrons. The molecular weight excluding hydrogens is 250 g/mol. The van der Waals surface area contributed by atoms with Gasteiger partial charge in [0.2, 0.25) is 5.91 Å². The summed E-state index contributed by atoms with van der Waals surface area (Å²) in [6.07, 6.45) is 4.12. The summed E-state index contributed by atoms with van der Waals surface area (Å²) < 4.78 is 0. The van der Waals surface area contributed by atoms with E-state index in [0.717, 1.165) is 18.4 Å². The Kier molecular flexibility index (Phi) is 4.78. The highest BCUT2D eigenvalue weighted by Crippen LogP contribution is 2.35. The van der Waals surface area contributed by atoms with Gasteiger partial charge in [-0.1, -0.05) is 30.3 Å². The van der Waals surface area contributed by atoms with Crippen molar-refractivity contribution in [2.24, 2.45) is 5.73 Å². The fraction of sp³-hybridized carbons (Fsp3) is 0.562. The van der Waals surface area contributed by atoms with Crippen molar-refractivity contribution in [3.63, 3.8) is 0 Å². The minimum absolute atomic E-state index is 0.0537. The number of hydrogen-bond donors (Lipinski definition) is 2. The molecule has 0 saturated heterocycles. The summed E-state index contributed by atoms with van der Waals surface area (Å²) in [5, 5.41) is 3.02. The predicted octanol–water partition coefficient (Wildman–Crippen LogP) is 1.16. The van der Waals surface area contributed by atoms with E-state index in [4.69, 9.17) is 5.73 Å². The first kappa shape index (κ1) is 15.0. The first-order chi connectivity index (χ1) is 9.53. The molecule has 1 atom stereocenters. The summed E-state index contributed by atoms with van der Waals surface area (Å²) in [4.78, 5) is 14.3. The van der Waals surface area contributed by atoms with E-state index in [1.807, 2.05) is 30.3 Å². The smallest absolute Gasteiger partial charge is 0.237 e. The van der Waals surface area contributed by atoms with Crippen molar-refractivity contribution in [2.45, 2.75) is 37.3 Å². The second kappa shape index (κ2) is 6.37. The maximum atomic E-state index is 12.1. The Balaban J connectivity index is 1.82. The van der Waals surface area contributed by atoms with E-state index in [1.54, 1.807) is 0 Å². The lowest BCUT2D eigenvalue weighted by molar-refractivity contribution is -0.123. The van der Waals surface area contributed by atoms with E-state index in [2.05, 4.69) is 24.3 Å². The summed E-state index contributed by atoms with van der Waals surface area (Å²) in [5.41, 5.74) is 7.23. The zero-order chi connectivity index (χ0) is 14.6. The van der Waals surface area contributed by atoms with E-state index in [-0.39, 0.29) is 11.4 Å². The molecule has 4 nitrogen and oxygen atoms in total. The predicted molar refractivity (Wildman–Crippen MR) is 81.4 cm³/mol. The quantitative estimate of drug-likeness (QED) is 0.819. The van der Waals surface area contributed by atoms with Crippen molar-refractivity contribution in [1.29, 1.82) is 0 Å². The lowest BCUT2D eigenvalue weighted by atomic mass is 9.75. The Morgan fingerprint density at radius 1 is 1.35 bits per heavy atom.